The fraction of sp³-hybridized carbons (Fsp3) is 0.459. The molecule has 0 saturated carbocycles. The highest BCUT2D eigenvalue weighted by Crippen LogP contribution is 2.40. The third kappa shape index (κ3) is 7.58. The van der Waals surface area contributed by atoms with Gasteiger partial charge in [-0.25, -0.2) is 9.18 Å². The zero-order valence-corrected chi connectivity index (χ0v) is 28.9. The van der Waals surface area contributed by atoms with E-state index in [0.29, 0.717) is 68.9 Å². The van der Waals surface area contributed by atoms with Crippen LogP contribution in [0.4, 0.5) is 14.9 Å². The van der Waals surface area contributed by atoms with Crippen molar-refractivity contribution >= 4 is 34.6 Å². The summed E-state index contributed by atoms with van der Waals surface area (Å²) in [5.41, 5.74) is 2.80. The Balaban J connectivity index is 1.26. The number of hydrogen-bond acceptors (Lipinski definition) is 7. The van der Waals surface area contributed by atoms with Crippen LogP contribution in [0.2, 0.25) is 0 Å². The Kier molecular flexibility index (Phi) is 9.67. The number of piperazine rings is 1. The van der Waals surface area contributed by atoms with Gasteiger partial charge in [-0.15, -0.1) is 0 Å². The van der Waals surface area contributed by atoms with Crippen molar-refractivity contribution in [3.05, 3.63) is 72.0 Å². The zero-order chi connectivity index (χ0) is 34.9. The fourth-order valence-corrected chi connectivity index (χ4v) is 6.62. The summed E-state index contributed by atoms with van der Waals surface area (Å²) in [5.74, 6) is -0.900. The summed E-state index contributed by atoms with van der Waals surface area (Å²) in [6.07, 6.45) is 5.04. The average Bonchev–Trinajstić information content (AvgIpc) is 3.78. The molecule has 1 atom stereocenters. The first-order valence-electron chi connectivity index (χ1n) is 16.9. The lowest BCUT2D eigenvalue weighted by Crippen LogP contribution is -2.50. The van der Waals surface area contributed by atoms with Gasteiger partial charge in [0.2, 0.25) is 5.91 Å². The van der Waals surface area contributed by atoms with Crippen molar-refractivity contribution < 1.29 is 27.9 Å². The van der Waals surface area contributed by atoms with Crippen molar-refractivity contribution in [2.75, 3.05) is 58.3 Å². The molecule has 0 N–H and O–H groups in total. The molecule has 0 spiro atoms. The van der Waals surface area contributed by atoms with Crippen LogP contribution >= 0.6 is 0 Å². The number of hydrogen-bond donors (Lipinski definition) is 0. The highest BCUT2D eigenvalue weighted by molar-refractivity contribution is 6.00. The molecular formula is C37H45FN6O5. The molecule has 6 rings (SSSR count). The van der Waals surface area contributed by atoms with Crippen LogP contribution in [0.3, 0.4) is 0 Å². The van der Waals surface area contributed by atoms with Crippen LogP contribution < -0.4 is 4.90 Å². The summed E-state index contributed by atoms with van der Waals surface area (Å²) < 4.78 is 29.8. The number of carbonyl (C=O) groups excluding carboxylic acids is 3. The number of aryl methyl sites for hydroxylation is 1. The number of amides is 3. The van der Waals surface area contributed by atoms with Crippen LogP contribution in [-0.2, 0) is 16.1 Å². The number of rotatable bonds is 7. The molecule has 0 aliphatic carbocycles. The molecule has 4 heterocycles. The van der Waals surface area contributed by atoms with E-state index in [4.69, 9.17) is 9.15 Å². The molecule has 0 radical (unpaired) electrons. The smallest absolute Gasteiger partial charge is 0.410 e. The number of aromatic nitrogens is 2. The normalized spacial score (nSPS) is 17.0. The SMILES string of the molecule is CN(C)C(=O)c1cc2c(F)c([C@@H]3CCCN(C(=O)CCn4cccn4)C3)cc(-c3ccc(N4CCN(C(=O)OC(C)(C)C)CC4)cc3)c2o1. The van der Waals surface area contributed by atoms with Gasteiger partial charge >= 0.3 is 6.09 Å². The van der Waals surface area contributed by atoms with Crippen molar-refractivity contribution in [3.8, 4) is 11.1 Å². The summed E-state index contributed by atoms with van der Waals surface area (Å²) in [7, 11) is 3.26. The largest absolute Gasteiger partial charge is 0.450 e. The summed E-state index contributed by atoms with van der Waals surface area (Å²) in [6.45, 7) is 9.55. The topological polar surface area (TPSA) is 104 Å². The van der Waals surface area contributed by atoms with E-state index in [9.17, 15) is 14.4 Å². The maximum absolute atomic E-state index is 16.4. The molecule has 2 fully saturated rings. The number of likely N-dealkylation sites (tertiary alicyclic amines) is 1. The van der Waals surface area contributed by atoms with Gasteiger partial charge in [-0.1, -0.05) is 12.1 Å². The summed E-state index contributed by atoms with van der Waals surface area (Å²) in [6, 6.07) is 13.2. The zero-order valence-electron chi connectivity index (χ0n) is 28.9. The van der Waals surface area contributed by atoms with Crippen LogP contribution in [0.5, 0.6) is 0 Å². The lowest BCUT2D eigenvalue weighted by Gasteiger charge is -2.36. The Morgan fingerprint density at radius 2 is 1.76 bits per heavy atom. The van der Waals surface area contributed by atoms with E-state index in [1.54, 1.807) is 29.9 Å². The van der Waals surface area contributed by atoms with Crippen LogP contribution in [0, 0.1) is 5.82 Å². The second-order valence-corrected chi connectivity index (χ2v) is 14.1. The number of anilines is 1. The van der Waals surface area contributed by atoms with Gasteiger partial charge in [-0.2, -0.15) is 5.10 Å². The molecule has 12 heteroatoms. The number of benzene rings is 2. The maximum atomic E-state index is 16.4. The molecule has 4 aromatic rings. The molecule has 0 bridgehead atoms. The van der Waals surface area contributed by atoms with Gasteiger partial charge in [0, 0.05) is 102 Å². The van der Waals surface area contributed by atoms with E-state index in [1.165, 1.54) is 11.0 Å². The molecule has 2 saturated heterocycles. The van der Waals surface area contributed by atoms with Crippen molar-refractivity contribution in [2.45, 2.75) is 58.1 Å². The lowest BCUT2D eigenvalue weighted by atomic mass is 9.87. The number of nitrogens with zero attached hydrogens (tertiary/aromatic N) is 6. The van der Waals surface area contributed by atoms with E-state index in [2.05, 4.69) is 10.00 Å². The fourth-order valence-electron chi connectivity index (χ4n) is 6.62. The average molecular weight is 673 g/mol. The van der Waals surface area contributed by atoms with E-state index < -0.39 is 11.4 Å². The predicted molar refractivity (Wildman–Crippen MR) is 185 cm³/mol. The summed E-state index contributed by atoms with van der Waals surface area (Å²) >= 11 is 0. The Hall–Kier alpha value is -4.87. The molecule has 2 aromatic carbocycles. The minimum Gasteiger partial charge on any atom is -0.450 e. The number of halogens is 1. The second-order valence-electron chi connectivity index (χ2n) is 14.1. The Morgan fingerprint density at radius 1 is 1.02 bits per heavy atom. The van der Waals surface area contributed by atoms with Crippen molar-refractivity contribution in [3.63, 3.8) is 0 Å². The van der Waals surface area contributed by atoms with Gasteiger partial charge in [0.05, 0.1) is 5.39 Å². The minimum atomic E-state index is -0.543. The van der Waals surface area contributed by atoms with Crippen LogP contribution in [0.15, 0.2) is 59.3 Å². The number of ether oxygens (including phenoxy) is 1. The molecule has 49 heavy (non-hydrogen) atoms. The van der Waals surface area contributed by atoms with Gasteiger partial charge in [0.1, 0.15) is 17.0 Å². The van der Waals surface area contributed by atoms with Crippen molar-refractivity contribution in [1.29, 1.82) is 0 Å². The molecule has 3 amide bonds. The van der Waals surface area contributed by atoms with E-state index >= 15 is 4.39 Å². The van der Waals surface area contributed by atoms with Crippen molar-refractivity contribution in [1.82, 2.24) is 24.5 Å². The summed E-state index contributed by atoms with van der Waals surface area (Å²) in [4.78, 5) is 45.8. The van der Waals surface area contributed by atoms with Gasteiger partial charge < -0.3 is 28.8 Å². The Labute approximate surface area is 286 Å². The third-order valence-electron chi connectivity index (χ3n) is 9.19. The Morgan fingerprint density at radius 3 is 2.41 bits per heavy atom. The number of piperidine rings is 1. The van der Waals surface area contributed by atoms with Crippen LogP contribution in [0.1, 0.15) is 62.1 Å². The number of carbonyl (C=O) groups is 3. The minimum absolute atomic E-state index is 0.0200. The molecule has 260 valence electrons. The molecule has 11 nitrogen and oxygen atoms in total. The second kappa shape index (κ2) is 13.9. The van der Waals surface area contributed by atoms with Gasteiger partial charge in [0.15, 0.2) is 5.76 Å². The van der Waals surface area contributed by atoms with Crippen LogP contribution in [-0.4, -0.2) is 101 Å². The molecule has 0 unspecified atom stereocenters. The highest BCUT2D eigenvalue weighted by atomic mass is 19.1. The Bertz CT molecular complexity index is 1800. The maximum Gasteiger partial charge on any atom is 0.410 e. The highest BCUT2D eigenvalue weighted by Gasteiger charge is 2.30. The first kappa shape index (κ1) is 34.0. The van der Waals surface area contributed by atoms with Gasteiger partial charge in [-0.3, -0.25) is 14.3 Å². The summed E-state index contributed by atoms with van der Waals surface area (Å²) in [5, 5.41) is 4.44. The first-order valence-corrected chi connectivity index (χ1v) is 16.9. The van der Waals surface area contributed by atoms with Gasteiger partial charge in [-0.05, 0) is 69.0 Å². The van der Waals surface area contributed by atoms with Gasteiger partial charge in [0.25, 0.3) is 5.91 Å². The van der Waals surface area contributed by atoms with Crippen LogP contribution in [0.25, 0.3) is 22.1 Å². The molecule has 2 aliphatic heterocycles. The first-order chi connectivity index (χ1) is 23.4. The number of furan rings is 1. The number of fused-ring (bicyclic) bond motifs is 1. The molecular weight excluding hydrogens is 627 g/mol. The third-order valence-corrected chi connectivity index (χ3v) is 9.19. The monoisotopic (exact) mass is 672 g/mol. The quantitative estimate of drug-likeness (QED) is 0.238. The molecule has 2 aliphatic rings. The molecule has 2 aromatic heterocycles. The lowest BCUT2D eigenvalue weighted by molar-refractivity contribution is -0.132. The van der Waals surface area contributed by atoms with E-state index in [1.807, 2.05) is 68.3 Å². The standard InChI is InChI=1S/C37H45FN6O5/c1-37(2,3)49-36(47)42-20-18-41(19-21-42)27-11-9-25(10-12-27)29-22-28(33(38)30-23-31(48-34(29)30)35(46)40(4)5)26-8-6-15-43(24-26)32(45)13-17-44-16-7-14-39-44/h7,9-12,14,16,22-23,26H,6,8,13,15,17-21,24H2,1-5H3/t26-/m1/s1. The predicted octanol–water partition coefficient (Wildman–Crippen LogP) is 5.99. The van der Waals surface area contributed by atoms with Crippen molar-refractivity contribution in [2.24, 2.45) is 0 Å². The van der Waals surface area contributed by atoms with E-state index in [0.717, 1.165) is 24.1 Å². The van der Waals surface area contributed by atoms with E-state index in [-0.39, 0.29) is 35.0 Å².